The third kappa shape index (κ3) is 4.44. The van der Waals surface area contributed by atoms with Crippen LogP contribution in [-0.4, -0.2) is 62.4 Å². The van der Waals surface area contributed by atoms with E-state index in [0.29, 0.717) is 38.2 Å². The summed E-state index contributed by atoms with van der Waals surface area (Å²) in [5.74, 6) is 0.860. The molecule has 0 unspecified atom stereocenters. The molecule has 1 N–H and O–H groups in total. The van der Waals surface area contributed by atoms with Crippen LogP contribution in [0.4, 0.5) is 0 Å². The summed E-state index contributed by atoms with van der Waals surface area (Å²) in [6.07, 6.45) is 2.76. The molecule has 0 radical (unpaired) electrons. The van der Waals surface area contributed by atoms with Crippen molar-refractivity contribution in [3.05, 3.63) is 0 Å². The van der Waals surface area contributed by atoms with E-state index in [4.69, 9.17) is 9.47 Å². The number of nitrogens with zero attached hydrogens (tertiary/aromatic N) is 1. The van der Waals surface area contributed by atoms with E-state index in [1.807, 2.05) is 18.7 Å². The number of hydrogen-bond acceptors (Lipinski definition) is 4. The fraction of sp³-hybridized carbons (Fsp3) is 0.929. The zero-order valence-electron chi connectivity index (χ0n) is 12.2. The van der Waals surface area contributed by atoms with Crippen molar-refractivity contribution in [2.24, 2.45) is 5.92 Å². The highest BCUT2D eigenvalue weighted by atomic mass is 16.5. The zero-order chi connectivity index (χ0) is 13.8. The van der Waals surface area contributed by atoms with Crippen molar-refractivity contribution in [1.82, 2.24) is 10.2 Å². The normalized spacial score (nSPS) is 29.3. The molecule has 5 heteroatoms. The molecule has 1 saturated carbocycles. The smallest absolute Gasteiger partial charge is 0.236 e. The Labute approximate surface area is 115 Å². The molecule has 110 valence electrons. The van der Waals surface area contributed by atoms with Gasteiger partial charge < -0.3 is 19.7 Å². The number of amides is 1. The highest BCUT2D eigenvalue weighted by Gasteiger charge is 2.32. The number of carbonyl (C=O) groups excluding carboxylic acids is 1. The lowest BCUT2D eigenvalue weighted by molar-refractivity contribution is -0.142. The number of methoxy groups -OCH3 is 1. The summed E-state index contributed by atoms with van der Waals surface area (Å²) < 4.78 is 10.9. The van der Waals surface area contributed by atoms with Gasteiger partial charge in [0.25, 0.3) is 0 Å². The number of morpholine rings is 1. The maximum absolute atomic E-state index is 12.2. The van der Waals surface area contributed by atoms with Crippen molar-refractivity contribution in [2.75, 3.05) is 33.4 Å². The van der Waals surface area contributed by atoms with E-state index in [1.54, 1.807) is 7.11 Å². The molecule has 3 atom stereocenters. The van der Waals surface area contributed by atoms with Crippen LogP contribution >= 0.6 is 0 Å². The van der Waals surface area contributed by atoms with Crippen LogP contribution < -0.4 is 5.32 Å². The molecule has 2 rings (SSSR count). The second-order valence-electron chi connectivity index (χ2n) is 5.84. The monoisotopic (exact) mass is 270 g/mol. The van der Waals surface area contributed by atoms with E-state index in [1.165, 1.54) is 12.8 Å². The minimum Gasteiger partial charge on any atom is -0.383 e. The maximum Gasteiger partial charge on any atom is 0.236 e. The third-order valence-electron chi connectivity index (χ3n) is 3.83. The van der Waals surface area contributed by atoms with Crippen LogP contribution in [-0.2, 0) is 14.3 Å². The Bertz CT molecular complexity index is 297. The molecule has 0 aromatic rings. The first-order valence-electron chi connectivity index (χ1n) is 7.25. The molecule has 2 aliphatic rings. The Morgan fingerprint density at radius 3 is 2.53 bits per heavy atom. The number of rotatable bonds is 6. The van der Waals surface area contributed by atoms with E-state index in [-0.39, 0.29) is 18.1 Å². The summed E-state index contributed by atoms with van der Waals surface area (Å²) in [4.78, 5) is 14.1. The number of ether oxygens (including phenoxy) is 2. The lowest BCUT2D eigenvalue weighted by atomic mass is 10.2. The number of nitrogens with one attached hydrogen (secondary N) is 1. The van der Waals surface area contributed by atoms with Gasteiger partial charge in [0.05, 0.1) is 25.4 Å². The van der Waals surface area contributed by atoms with E-state index < -0.39 is 0 Å². The van der Waals surface area contributed by atoms with Gasteiger partial charge in [-0.15, -0.1) is 0 Å². The largest absolute Gasteiger partial charge is 0.383 e. The highest BCUT2D eigenvalue weighted by molar-refractivity contribution is 5.78. The van der Waals surface area contributed by atoms with Gasteiger partial charge in [0.2, 0.25) is 5.91 Å². The Hall–Kier alpha value is -0.650. The van der Waals surface area contributed by atoms with E-state index in [0.717, 1.165) is 0 Å². The van der Waals surface area contributed by atoms with Crippen molar-refractivity contribution < 1.29 is 14.3 Å². The standard InChI is InChI=1S/C14H26N2O3/c1-10-7-16(8-11(2)19-10)14(17)6-15-13(9-18-3)12-4-5-12/h10-13,15H,4-9H2,1-3H3/t10-,11-,13+/m1/s1. The van der Waals surface area contributed by atoms with Gasteiger partial charge in [-0.25, -0.2) is 0 Å². The summed E-state index contributed by atoms with van der Waals surface area (Å²) in [6, 6.07) is 0.324. The fourth-order valence-electron chi connectivity index (χ4n) is 2.75. The molecule has 0 spiro atoms. The predicted molar refractivity (Wildman–Crippen MR) is 73.0 cm³/mol. The Morgan fingerprint density at radius 2 is 2.00 bits per heavy atom. The van der Waals surface area contributed by atoms with Crippen LogP contribution in [0.5, 0.6) is 0 Å². The molecular formula is C14H26N2O3. The first-order valence-corrected chi connectivity index (χ1v) is 7.25. The summed E-state index contributed by atoms with van der Waals surface area (Å²) >= 11 is 0. The van der Waals surface area contributed by atoms with Gasteiger partial charge in [-0.05, 0) is 32.6 Å². The Kier molecular flexibility index (Phi) is 5.19. The number of carbonyl (C=O) groups is 1. The summed E-state index contributed by atoms with van der Waals surface area (Å²) in [6.45, 7) is 6.52. The molecule has 2 fully saturated rings. The molecule has 0 aromatic carbocycles. The quantitative estimate of drug-likeness (QED) is 0.769. The SMILES string of the molecule is COC[C@H](NCC(=O)N1C[C@@H](C)O[C@H](C)C1)C1CC1. The van der Waals surface area contributed by atoms with E-state index >= 15 is 0 Å². The van der Waals surface area contributed by atoms with Crippen molar-refractivity contribution in [3.63, 3.8) is 0 Å². The summed E-state index contributed by atoms with van der Waals surface area (Å²) in [5.41, 5.74) is 0. The maximum atomic E-state index is 12.2. The van der Waals surface area contributed by atoms with E-state index in [9.17, 15) is 4.79 Å². The molecule has 1 amide bonds. The van der Waals surface area contributed by atoms with Crippen LogP contribution in [0.25, 0.3) is 0 Å². The fourth-order valence-corrected chi connectivity index (χ4v) is 2.75. The molecule has 1 aliphatic heterocycles. The minimum atomic E-state index is 0.130. The van der Waals surface area contributed by atoms with Gasteiger partial charge in [0, 0.05) is 26.2 Å². The van der Waals surface area contributed by atoms with Crippen LogP contribution in [0, 0.1) is 5.92 Å². The lowest BCUT2D eigenvalue weighted by Crippen LogP contribution is -2.51. The van der Waals surface area contributed by atoms with Gasteiger partial charge in [0.15, 0.2) is 0 Å². The van der Waals surface area contributed by atoms with Crippen LogP contribution in [0.3, 0.4) is 0 Å². The molecule has 1 heterocycles. The predicted octanol–water partition coefficient (Wildman–Crippen LogP) is 0.637. The van der Waals surface area contributed by atoms with E-state index in [2.05, 4.69) is 5.32 Å². The molecule has 5 nitrogen and oxygen atoms in total. The molecule has 1 saturated heterocycles. The second-order valence-corrected chi connectivity index (χ2v) is 5.84. The van der Waals surface area contributed by atoms with Crippen molar-refractivity contribution in [1.29, 1.82) is 0 Å². The zero-order valence-corrected chi connectivity index (χ0v) is 12.2. The topological polar surface area (TPSA) is 50.8 Å². The summed E-state index contributed by atoms with van der Waals surface area (Å²) in [5, 5.41) is 3.35. The van der Waals surface area contributed by atoms with Crippen molar-refractivity contribution in [2.45, 2.75) is 44.9 Å². The Balaban J connectivity index is 1.76. The molecule has 0 aromatic heterocycles. The van der Waals surface area contributed by atoms with Gasteiger partial charge in [-0.1, -0.05) is 0 Å². The first-order chi connectivity index (χ1) is 9.10. The van der Waals surface area contributed by atoms with Crippen LogP contribution in [0.2, 0.25) is 0 Å². The Morgan fingerprint density at radius 1 is 1.37 bits per heavy atom. The average Bonchev–Trinajstić information content (AvgIpc) is 3.17. The third-order valence-corrected chi connectivity index (χ3v) is 3.83. The lowest BCUT2D eigenvalue weighted by Gasteiger charge is -2.35. The number of hydrogen-bond donors (Lipinski definition) is 1. The molecule has 19 heavy (non-hydrogen) atoms. The first kappa shape index (κ1) is 14.8. The van der Waals surface area contributed by atoms with Crippen molar-refractivity contribution >= 4 is 5.91 Å². The minimum absolute atomic E-state index is 0.130. The molecule has 1 aliphatic carbocycles. The van der Waals surface area contributed by atoms with Crippen molar-refractivity contribution in [3.8, 4) is 0 Å². The highest BCUT2D eigenvalue weighted by Crippen LogP contribution is 2.32. The average molecular weight is 270 g/mol. The van der Waals surface area contributed by atoms with Gasteiger partial charge in [-0.3, -0.25) is 4.79 Å². The van der Waals surface area contributed by atoms with Gasteiger partial charge in [-0.2, -0.15) is 0 Å². The van der Waals surface area contributed by atoms with Gasteiger partial charge >= 0.3 is 0 Å². The molecular weight excluding hydrogens is 244 g/mol. The van der Waals surface area contributed by atoms with Gasteiger partial charge in [0.1, 0.15) is 0 Å². The van der Waals surface area contributed by atoms with Crippen LogP contribution in [0.15, 0.2) is 0 Å². The summed E-state index contributed by atoms with van der Waals surface area (Å²) in [7, 11) is 1.71. The second kappa shape index (κ2) is 6.68. The van der Waals surface area contributed by atoms with Crippen LogP contribution in [0.1, 0.15) is 26.7 Å². The molecule has 0 bridgehead atoms.